The first kappa shape index (κ1) is 15.3. The van der Waals surface area contributed by atoms with E-state index >= 15 is 0 Å². The van der Waals surface area contributed by atoms with Gasteiger partial charge in [0.15, 0.2) is 0 Å². The molecule has 4 heteroatoms. The quantitative estimate of drug-likeness (QED) is 0.909. The molecule has 0 aliphatic carbocycles. The van der Waals surface area contributed by atoms with Crippen LogP contribution in [0.1, 0.15) is 18.4 Å². The Labute approximate surface area is 116 Å². The van der Waals surface area contributed by atoms with Crippen molar-refractivity contribution in [2.45, 2.75) is 25.4 Å². The highest BCUT2D eigenvalue weighted by Gasteiger charge is 2.17. The third-order valence-corrected chi connectivity index (χ3v) is 3.54. The van der Waals surface area contributed by atoms with Gasteiger partial charge in [-0.3, -0.25) is 4.90 Å². The Bertz CT molecular complexity index is 351. The maximum absolute atomic E-state index is 5.25. The molecule has 0 atom stereocenters. The van der Waals surface area contributed by atoms with Gasteiger partial charge in [0.2, 0.25) is 0 Å². The van der Waals surface area contributed by atoms with E-state index in [2.05, 4.69) is 35.5 Å². The third-order valence-electron chi connectivity index (χ3n) is 3.54. The van der Waals surface area contributed by atoms with E-state index in [-0.39, 0.29) is 12.4 Å². The maximum Gasteiger partial charge on any atom is 0.119 e. The Morgan fingerprint density at radius 3 is 2.67 bits per heavy atom. The molecule has 1 aromatic carbocycles. The second-order valence-electron chi connectivity index (χ2n) is 4.69. The zero-order valence-electron chi connectivity index (χ0n) is 11.2. The summed E-state index contributed by atoms with van der Waals surface area (Å²) in [5, 5.41) is 3.36. The molecule has 18 heavy (non-hydrogen) atoms. The van der Waals surface area contributed by atoms with Crippen molar-refractivity contribution in [3.8, 4) is 5.75 Å². The van der Waals surface area contributed by atoms with Crippen molar-refractivity contribution in [2.24, 2.45) is 0 Å². The largest absolute Gasteiger partial charge is 0.497 e. The van der Waals surface area contributed by atoms with Crippen molar-refractivity contribution in [1.82, 2.24) is 10.2 Å². The number of benzene rings is 1. The lowest BCUT2D eigenvalue weighted by molar-refractivity contribution is 0.194. The Balaban J connectivity index is 0.00000162. The summed E-state index contributed by atoms with van der Waals surface area (Å²) in [5.74, 6) is 0.951. The zero-order valence-corrected chi connectivity index (χ0v) is 12.0. The number of methoxy groups -OCH3 is 1. The van der Waals surface area contributed by atoms with Gasteiger partial charge in [-0.15, -0.1) is 12.4 Å². The summed E-state index contributed by atoms with van der Waals surface area (Å²) in [6.45, 7) is 3.40. The average Bonchev–Trinajstić information content (AvgIpc) is 2.40. The second-order valence-corrected chi connectivity index (χ2v) is 4.69. The van der Waals surface area contributed by atoms with Crippen molar-refractivity contribution in [3.63, 3.8) is 0 Å². The highest BCUT2D eigenvalue weighted by atomic mass is 35.5. The molecule has 1 aromatic rings. The summed E-state index contributed by atoms with van der Waals surface area (Å²) in [4.78, 5) is 2.52. The molecule has 0 amide bonds. The van der Waals surface area contributed by atoms with Crippen LogP contribution in [0.15, 0.2) is 24.3 Å². The van der Waals surface area contributed by atoms with Crippen molar-refractivity contribution in [3.05, 3.63) is 29.8 Å². The first-order valence-electron chi connectivity index (χ1n) is 6.34. The van der Waals surface area contributed by atoms with Gasteiger partial charge in [-0.25, -0.2) is 0 Å². The normalized spacial score (nSPS) is 17.2. The molecular weight excluding hydrogens is 248 g/mol. The Morgan fingerprint density at radius 2 is 2.06 bits per heavy atom. The zero-order chi connectivity index (χ0) is 12.1. The number of hydrogen-bond donors (Lipinski definition) is 1. The van der Waals surface area contributed by atoms with E-state index in [9.17, 15) is 0 Å². The lowest BCUT2D eigenvalue weighted by Crippen LogP contribution is -2.40. The minimum absolute atomic E-state index is 0. The molecular formula is C14H23ClN2O. The van der Waals surface area contributed by atoms with Crippen LogP contribution in [0.2, 0.25) is 0 Å². The highest BCUT2D eigenvalue weighted by molar-refractivity contribution is 5.85. The first-order chi connectivity index (χ1) is 8.31. The minimum atomic E-state index is 0. The number of hydrogen-bond acceptors (Lipinski definition) is 3. The molecule has 1 fully saturated rings. The van der Waals surface area contributed by atoms with Gasteiger partial charge in [-0.2, -0.15) is 0 Å². The molecule has 0 aromatic heterocycles. The van der Waals surface area contributed by atoms with Crippen molar-refractivity contribution < 1.29 is 4.74 Å². The molecule has 0 bridgehead atoms. The minimum Gasteiger partial charge on any atom is -0.497 e. The van der Waals surface area contributed by atoms with Gasteiger partial charge >= 0.3 is 0 Å². The van der Waals surface area contributed by atoms with Gasteiger partial charge in [0.25, 0.3) is 0 Å². The molecule has 3 nitrogen and oxygen atoms in total. The van der Waals surface area contributed by atoms with E-state index in [0.29, 0.717) is 6.04 Å². The molecule has 0 unspecified atom stereocenters. The maximum atomic E-state index is 5.25. The third kappa shape index (κ3) is 4.16. The summed E-state index contributed by atoms with van der Waals surface area (Å²) in [6.07, 6.45) is 2.50. The SMILES string of the molecule is CNC1CCN(Cc2cccc(OC)c2)CC1.Cl. The number of nitrogens with one attached hydrogen (secondary N) is 1. The Hall–Kier alpha value is -0.770. The smallest absolute Gasteiger partial charge is 0.119 e. The number of ether oxygens (including phenoxy) is 1. The summed E-state index contributed by atoms with van der Waals surface area (Å²) in [7, 11) is 3.78. The van der Waals surface area contributed by atoms with Gasteiger partial charge in [-0.1, -0.05) is 12.1 Å². The molecule has 1 aliphatic rings. The van der Waals surface area contributed by atoms with Crippen molar-refractivity contribution in [2.75, 3.05) is 27.2 Å². The molecule has 0 saturated carbocycles. The standard InChI is InChI=1S/C14H22N2O.ClH/c1-15-13-6-8-16(9-7-13)11-12-4-3-5-14(10-12)17-2;/h3-5,10,13,15H,6-9,11H2,1-2H3;1H. The monoisotopic (exact) mass is 270 g/mol. The number of rotatable bonds is 4. The number of piperidine rings is 1. The lowest BCUT2D eigenvalue weighted by atomic mass is 10.0. The molecule has 0 radical (unpaired) electrons. The van der Waals surface area contributed by atoms with Crippen molar-refractivity contribution >= 4 is 12.4 Å². The Kier molecular flexibility index (Phi) is 6.47. The van der Waals surface area contributed by atoms with Crippen LogP contribution in [0.5, 0.6) is 5.75 Å². The summed E-state index contributed by atoms with van der Waals surface area (Å²) >= 11 is 0. The summed E-state index contributed by atoms with van der Waals surface area (Å²) in [5.41, 5.74) is 1.34. The number of nitrogens with zero attached hydrogens (tertiary/aromatic N) is 1. The molecule has 102 valence electrons. The molecule has 1 heterocycles. The van der Waals surface area contributed by atoms with Crippen LogP contribution in [0.3, 0.4) is 0 Å². The molecule has 1 N–H and O–H groups in total. The fourth-order valence-corrected chi connectivity index (χ4v) is 2.41. The molecule has 2 rings (SSSR count). The van der Waals surface area contributed by atoms with E-state index in [1.54, 1.807) is 7.11 Å². The van der Waals surface area contributed by atoms with Crippen LogP contribution in [0, 0.1) is 0 Å². The van der Waals surface area contributed by atoms with Crippen LogP contribution in [-0.4, -0.2) is 38.2 Å². The first-order valence-corrected chi connectivity index (χ1v) is 6.34. The van der Waals surface area contributed by atoms with Gasteiger partial charge < -0.3 is 10.1 Å². The van der Waals surface area contributed by atoms with Gasteiger partial charge in [0.1, 0.15) is 5.75 Å². The number of halogens is 1. The molecule has 0 spiro atoms. The van der Waals surface area contributed by atoms with E-state index in [1.165, 1.54) is 31.5 Å². The highest BCUT2D eigenvalue weighted by Crippen LogP contribution is 2.17. The van der Waals surface area contributed by atoms with E-state index < -0.39 is 0 Å². The molecule has 1 aliphatic heterocycles. The van der Waals surface area contributed by atoms with Gasteiger partial charge in [0.05, 0.1) is 7.11 Å². The van der Waals surface area contributed by atoms with Gasteiger partial charge in [0, 0.05) is 12.6 Å². The fraction of sp³-hybridized carbons (Fsp3) is 0.571. The fourth-order valence-electron chi connectivity index (χ4n) is 2.41. The molecule has 1 saturated heterocycles. The van der Waals surface area contributed by atoms with Crippen LogP contribution in [-0.2, 0) is 6.54 Å². The van der Waals surface area contributed by atoms with E-state index in [4.69, 9.17) is 4.74 Å². The second kappa shape index (κ2) is 7.62. The topological polar surface area (TPSA) is 24.5 Å². The van der Waals surface area contributed by atoms with E-state index in [1.807, 2.05) is 6.07 Å². The predicted molar refractivity (Wildman–Crippen MR) is 77.6 cm³/mol. The van der Waals surface area contributed by atoms with Crippen LogP contribution < -0.4 is 10.1 Å². The van der Waals surface area contributed by atoms with Crippen LogP contribution in [0.4, 0.5) is 0 Å². The van der Waals surface area contributed by atoms with Crippen molar-refractivity contribution in [1.29, 1.82) is 0 Å². The lowest BCUT2D eigenvalue weighted by Gasteiger charge is -2.31. The van der Waals surface area contributed by atoms with Crippen LogP contribution in [0.25, 0.3) is 0 Å². The number of likely N-dealkylation sites (tertiary alicyclic amines) is 1. The van der Waals surface area contributed by atoms with Gasteiger partial charge in [-0.05, 0) is 50.7 Å². The Morgan fingerprint density at radius 1 is 1.33 bits per heavy atom. The summed E-state index contributed by atoms with van der Waals surface area (Å²) in [6, 6.07) is 9.07. The average molecular weight is 271 g/mol. The summed E-state index contributed by atoms with van der Waals surface area (Å²) < 4.78 is 5.25. The predicted octanol–water partition coefficient (Wildman–Crippen LogP) is 2.30. The van der Waals surface area contributed by atoms with E-state index in [0.717, 1.165) is 12.3 Å². The van der Waals surface area contributed by atoms with Crippen LogP contribution >= 0.6 is 12.4 Å².